The molecule has 3 amide bonds. The Bertz CT molecular complexity index is 1500. The van der Waals surface area contributed by atoms with Crippen molar-refractivity contribution in [3.05, 3.63) is 59.8 Å². The number of hydrogen-bond acceptors (Lipinski definition) is 8. The first-order chi connectivity index (χ1) is 20.1. The normalized spacial score (nSPS) is 14.1. The molecule has 0 saturated carbocycles. The molecule has 12 nitrogen and oxygen atoms in total. The molecule has 0 saturated heterocycles. The molecular formula is C31H39N4O8+. The molecule has 43 heavy (non-hydrogen) atoms. The number of amides is 3. The first kappa shape index (κ1) is 31.5. The molecule has 0 fully saturated rings. The molecular weight excluding hydrogens is 556 g/mol. The lowest BCUT2D eigenvalue weighted by Gasteiger charge is -2.25. The van der Waals surface area contributed by atoms with E-state index in [4.69, 9.17) is 19.0 Å². The van der Waals surface area contributed by atoms with Crippen LogP contribution in [0.1, 0.15) is 68.7 Å². The second kappa shape index (κ2) is 12.4. The Morgan fingerprint density at radius 3 is 2.16 bits per heavy atom. The zero-order valence-electron chi connectivity index (χ0n) is 25.6. The highest BCUT2D eigenvalue weighted by molar-refractivity contribution is 6.20. The third-order valence-electron chi connectivity index (χ3n) is 6.31. The number of nitrogens with one attached hydrogen (secondary N) is 1. The fraction of sp³-hybridized carbons (Fsp3) is 0.452. The predicted molar refractivity (Wildman–Crippen MR) is 155 cm³/mol. The summed E-state index contributed by atoms with van der Waals surface area (Å²) in [6, 6.07) is 11.8. The van der Waals surface area contributed by atoms with E-state index in [2.05, 4.69) is 5.32 Å². The molecule has 1 N–H and O–H groups in total. The Labute approximate surface area is 250 Å². The Morgan fingerprint density at radius 1 is 0.930 bits per heavy atom. The lowest BCUT2D eigenvalue weighted by molar-refractivity contribution is -0.730. The Morgan fingerprint density at radius 2 is 1.56 bits per heavy atom. The molecule has 0 unspecified atom stereocenters. The van der Waals surface area contributed by atoms with Crippen molar-refractivity contribution in [2.75, 3.05) is 13.2 Å². The van der Waals surface area contributed by atoms with Crippen LogP contribution in [0, 0.1) is 0 Å². The molecule has 0 radical (unpaired) electrons. The van der Waals surface area contributed by atoms with E-state index in [1.807, 2.05) is 55.5 Å². The summed E-state index contributed by atoms with van der Waals surface area (Å²) in [6.45, 7) is 11.4. The van der Waals surface area contributed by atoms with E-state index in [0.717, 1.165) is 10.9 Å². The van der Waals surface area contributed by atoms with Crippen LogP contribution < -0.4 is 14.7 Å². The number of imide groups is 1. The topological polar surface area (TPSA) is 129 Å². The number of fused-ring (bicyclic) bond motifs is 2. The number of aryl methyl sites for hydroxylation is 2. The van der Waals surface area contributed by atoms with Gasteiger partial charge < -0.3 is 19.5 Å². The lowest BCUT2D eigenvalue weighted by Crippen LogP contribution is -2.43. The van der Waals surface area contributed by atoms with Crippen LogP contribution in [0.5, 0.6) is 5.75 Å². The van der Waals surface area contributed by atoms with E-state index in [1.54, 1.807) is 39.0 Å². The van der Waals surface area contributed by atoms with Crippen LogP contribution in [-0.4, -0.2) is 64.1 Å². The second-order valence-corrected chi connectivity index (χ2v) is 12.2. The van der Waals surface area contributed by atoms with E-state index in [-0.39, 0.29) is 17.7 Å². The number of benzene rings is 2. The number of ether oxygens (including phenoxy) is 3. The molecule has 1 aliphatic rings. The Kier molecular flexibility index (Phi) is 9.09. The van der Waals surface area contributed by atoms with Gasteiger partial charge in [-0.1, -0.05) is 12.1 Å². The van der Waals surface area contributed by atoms with Gasteiger partial charge in [-0.05, 0) is 72.2 Å². The predicted octanol–water partition coefficient (Wildman–Crippen LogP) is 3.70. The van der Waals surface area contributed by atoms with E-state index in [9.17, 15) is 19.2 Å². The van der Waals surface area contributed by atoms with Crippen molar-refractivity contribution in [1.82, 2.24) is 15.1 Å². The molecule has 0 spiro atoms. The molecule has 0 bridgehead atoms. The van der Waals surface area contributed by atoms with E-state index < -0.39 is 41.2 Å². The van der Waals surface area contributed by atoms with Crippen LogP contribution in [0.2, 0.25) is 0 Å². The quantitative estimate of drug-likeness (QED) is 0.163. The smallest absolute Gasteiger partial charge is 0.407 e. The van der Waals surface area contributed by atoms with Crippen molar-refractivity contribution in [3.63, 3.8) is 0 Å². The maximum absolute atomic E-state index is 13.0. The van der Waals surface area contributed by atoms with Crippen LogP contribution >= 0.6 is 0 Å². The SMILES string of the molecule is C[n+]1c2ccc(OC[C@H](ON3C(=O)c4ccccc4C3=O)C(=O)OC(C)(C)C)cc2cn1CCCNC(=O)OC(C)(C)C. The van der Waals surface area contributed by atoms with Gasteiger partial charge in [0.2, 0.25) is 11.6 Å². The number of esters is 1. The van der Waals surface area contributed by atoms with Gasteiger partial charge in [-0.15, -0.1) is 9.75 Å². The number of nitrogens with zero attached hydrogens (tertiary/aromatic N) is 3. The van der Waals surface area contributed by atoms with Gasteiger partial charge in [-0.25, -0.2) is 14.4 Å². The van der Waals surface area contributed by atoms with Gasteiger partial charge in [0.15, 0.2) is 7.05 Å². The number of hydrogen-bond donors (Lipinski definition) is 1. The summed E-state index contributed by atoms with van der Waals surface area (Å²) in [6.07, 6.45) is 0.795. The molecule has 3 aromatic rings. The summed E-state index contributed by atoms with van der Waals surface area (Å²) >= 11 is 0. The maximum atomic E-state index is 13.0. The Hall–Kier alpha value is -4.45. The van der Waals surface area contributed by atoms with Crippen LogP contribution in [-0.2, 0) is 32.7 Å². The third-order valence-corrected chi connectivity index (χ3v) is 6.31. The largest absolute Gasteiger partial charge is 0.490 e. The minimum Gasteiger partial charge on any atom is -0.490 e. The number of carbonyl (C=O) groups is 4. The molecule has 230 valence electrons. The van der Waals surface area contributed by atoms with Crippen LogP contribution in [0.3, 0.4) is 0 Å². The number of carbonyl (C=O) groups excluding carboxylic acids is 4. The zero-order valence-corrected chi connectivity index (χ0v) is 25.6. The fourth-order valence-corrected chi connectivity index (χ4v) is 4.44. The summed E-state index contributed by atoms with van der Waals surface area (Å²) in [5.41, 5.74) is -0.0553. The van der Waals surface area contributed by atoms with Crippen molar-refractivity contribution >= 4 is 34.8 Å². The molecule has 1 aromatic heterocycles. The zero-order chi connectivity index (χ0) is 31.5. The van der Waals surface area contributed by atoms with Crippen molar-refractivity contribution in [2.45, 2.75) is 71.8 Å². The third kappa shape index (κ3) is 7.89. The van der Waals surface area contributed by atoms with Gasteiger partial charge in [-0.2, -0.15) is 4.68 Å². The van der Waals surface area contributed by atoms with E-state index in [0.29, 0.717) is 30.3 Å². The average Bonchev–Trinajstić information content (AvgIpc) is 3.34. The standard InChI is InChI=1S/C31H38N4O8/c1-30(2,3)41-28(38)25(43-35-26(36)22-11-8-9-12-23(22)27(35)37)19-40-21-13-14-24-20(17-21)18-34(33(24)7)16-10-15-32-29(39)42-31(4,5)6/h8-9,11-14,17-18,25H,10,15-16,19H2,1-7H3/p+1/t25-/m0/s1. The van der Waals surface area contributed by atoms with Gasteiger partial charge in [0, 0.05) is 12.6 Å². The van der Waals surface area contributed by atoms with Gasteiger partial charge in [0.1, 0.15) is 23.6 Å². The summed E-state index contributed by atoms with van der Waals surface area (Å²) in [4.78, 5) is 56.2. The van der Waals surface area contributed by atoms with Gasteiger partial charge in [-0.3, -0.25) is 9.59 Å². The summed E-state index contributed by atoms with van der Waals surface area (Å²) in [5, 5.41) is 4.23. The van der Waals surface area contributed by atoms with Crippen molar-refractivity contribution in [1.29, 1.82) is 0 Å². The number of aromatic nitrogens is 2. The summed E-state index contributed by atoms with van der Waals surface area (Å²) < 4.78 is 20.7. The lowest BCUT2D eigenvalue weighted by atomic mass is 10.1. The minimum absolute atomic E-state index is 0.194. The number of rotatable bonds is 10. The molecule has 4 rings (SSSR count). The highest BCUT2D eigenvalue weighted by Crippen LogP contribution is 2.25. The Balaban J connectivity index is 1.42. The van der Waals surface area contributed by atoms with Crippen molar-refractivity contribution < 1.29 is 42.9 Å². The second-order valence-electron chi connectivity index (χ2n) is 12.2. The first-order valence-corrected chi connectivity index (χ1v) is 14.1. The highest BCUT2D eigenvalue weighted by Gasteiger charge is 2.40. The highest BCUT2D eigenvalue weighted by atomic mass is 16.7. The number of hydroxylamine groups is 2. The average molecular weight is 596 g/mol. The molecule has 1 atom stereocenters. The number of alkyl carbamates (subject to hydrolysis) is 1. The fourth-order valence-electron chi connectivity index (χ4n) is 4.44. The van der Waals surface area contributed by atoms with Crippen LogP contribution in [0.25, 0.3) is 10.9 Å². The minimum atomic E-state index is -1.39. The van der Waals surface area contributed by atoms with E-state index >= 15 is 0 Å². The van der Waals surface area contributed by atoms with Crippen molar-refractivity contribution in [2.24, 2.45) is 7.05 Å². The van der Waals surface area contributed by atoms with Crippen LogP contribution in [0.4, 0.5) is 4.79 Å². The summed E-state index contributed by atoms with van der Waals surface area (Å²) in [5.74, 6) is -1.64. The maximum Gasteiger partial charge on any atom is 0.407 e. The van der Waals surface area contributed by atoms with Gasteiger partial charge in [0.05, 0.1) is 29.3 Å². The molecule has 12 heteroatoms. The monoisotopic (exact) mass is 595 g/mol. The molecule has 2 heterocycles. The van der Waals surface area contributed by atoms with Crippen molar-refractivity contribution in [3.8, 4) is 5.75 Å². The molecule has 0 aliphatic carbocycles. The first-order valence-electron chi connectivity index (χ1n) is 14.1. The van der Waals surface area contributed by atoms with Crippen LogP contribution in [0.15, 0.2) is 48.7 Å². The molecule has 1 aliphatic heterocycles. The van der Waals surface area contributed by atoms with Gasteiger partial charge in [0.25, 0.3) is 11.8 Å². The van der Waals surface area contributed by atoms with E-state index in [1.165, 1.54) is 12.1 Å². The van der Waals surface area contributed by atoms with Gasteiger partial charge >= 0.3 is 12.1 Å². The molecule has 2 aromatic carbocycles. The summed E-state index contributed by atoms with van der Waals surface area (Å²) in [7, 11) is 1.93.